The smallest absolute Gasteiger partial charge is 0.329 e. The van der Waals surface area contributed by atoms with Crippen molar-refractivity contribution in [2.45, 2.75) is 0 Å². The van der Waals surface area contributed by atoms with Crippen LogP contribution < -0.4 is 19.9 Å². The average Bonchev–Trinajstić information content (AvgIpc) is 2.80. The van der Waals surface area contributed by atoms with Crippen LogP contribution in [0.3, 0.4) is 0 Å². The van der Waals surface area contributed by atoms with E-state index < -0.39 is 4.92 Å². The molecule has 160 valence electrons. The maximum absolute atomic E-state index is 11.6. The van der Waals surface area contributed by atoms with Gasteiger partial charge in [-0.05, 0) is 36.4 Å². The van der Waals surface area contributed by atoms with E-state index >= 15 is 0 Å². The second-order valence-electron chi connectivity index (χ2n) is 6.97. The van der Waals surface area contributed by atoms with E-state index in [1.807, 2.05) is 29.2 Å². The number of anilines is 4. The highest BCUT2D eigenvalue weighted by atomic mass is 35.5. The third kappa shape index (κ3) is 4.77. The fourth-order valence-electron chi connectivity index (χ4n) is 3.43. The summed E-state index contributed by atoms with van der Waals surface area (Å²) < 4.78 is 5.30. The van der Waals surface area contributed by atoms with Crippen molar-refractivity contribution in [2.75, 3.05) is 48.4 Å². The summed E-state index contributed by atoms with van der Waals surface area (Å²) in [5.74, 6) is 1.39. The van der Waals surface area contributed by atoms with Crippen molar-refractivity contribution >= 4 is 40.4 Å². The van der Waals surface area contributed by atoms with E-state index in [1.165, 1.54) is 6.20 Å². The van der Waals surface area contributed by atoms with Gasteiger partial charge < -0.3 is 19.9 Å². The maximum atomic E-state index is 11.6. The number of methoxy groups -OCH3 is 1. The number of piperazine rings is 1. The molecule has 3 aromatic rings. The summed E-state index contributed by atoms with van der Waals surface area (Å²) in [5.41, 5.74) is 1.69. The number of nitro groups is 1. The Morgan fingerprint density at radius 1 is 1.10 bits per heavy atom. The zero-order valence-electron chi connectivity index (χ0n) is 16.9. The van der Waals surface area contributed by atoms with Crippen LogP contribution in [0.4, 0.5) is 28.8 Å². The molecule has 10 heteroatoms. The number of ether oxygens (including phenoxy) is 1. The van der Waals surface area contributed by atoms with Crippen LogP contribution in [0.15, 0.2) is 54.7 Å². The van der Waals surface area contributed by atoms with E-state index in [1.54, 1.807) is 31.4 Å². The first-order chi connectivity index (χ1) is 15.0. The molecular formula is C21H21ClN6O3. The second-order valence-corrected chi connectivity index (χ2v) is 7.40. The van der Waals surface area contributed by atoms with Crippen LogP contribution in [0.5, 0.6) is 5.75 Å². The van der Waals surface area contributed by atoms with E-state index in [0.717, 1.165) is 17.1 Å². The molecule has 2 aromatic carbocycles. The number of rotatable bonds is 6. The van der Waals surface area contributed by atoms with Crippen LogP contribution in [0.25, 0.3) is 0 Å². The standard InChI is InChI=1S/C21H21ClN6O3/c1-31-18-4-2-3-17(13-18)26-9-11-27(12-10-26)20-19(28(29)30)14-23-21(25-20)24-16-7-5-15(22)6-8-16/h2-8,13-14H,9-12H2,1H3,(H,23,24,25). The lowest BCUT2D eigenvalue weighted by Gasteiger charge is -2.36. The van der Waals surface area contributed by atoms with Crippen LogP contribution in [-0.4, -0.2) is 48.2 Å². The molecule has 9 nitrogen and oxygen atoms in total. The Kier molecular flexibility index (Phi) is 6.03. The SMILES string of the molecule is COc1cccc(N2CCN(c3nc(Nc4ccc(Cl)cc4)ncc3[N+](=O)[O-])CC2)c1. The normalized spacial score (nSPS) is 13.7. The molecule has 0 aliphatic carbocycles. The average molecular weight is 441 g/mol. The first-order valence-electron chi connectivity index (χ1n) is 9.71. The highest BCUT2D eigenvalue weighted by Gasteiger charge is 2.26. The first kappa shape index (κ1) is 20.7. The lowest BCUT2D eigenvalue weighted by atomic mass is 10.2. The van der Waals surface area contributed by atoms with Crippen LogP contribution in [0, 0.1) is 10.1 Å². The molecule has 0 atom stereocenters. The summed E-state index contributed by atoms with van der Waals surface area (Å²) in [6.07, 6.45) is 1.25. The second kappa shape index (κ2) is 9.05. The van der Waals surface area contributed by atoms with Crippen LogP contribution in [0.2, 0.25) is 5.02 Å². The molecular weight excluding hydrogens is 420 g/mol. The molecule has 1 aliphatic rings. The summed E-state index contributed by atoms with van der Waals surface area (Å²) in [5, 5.41) is 15.3. The number of nitrogens with one attached hydrogen (secondary N) is 1. The predicted octanol–water partition coefficient (Wildman–Crippen LogP) is 4.12. The lowest BCUT2D eigenvalue weighted by molar-refractivity contribution is -0.384. The predicted molar refractivity (Wildman–Crippen MR) is 121 cm³/mol. The Morgan fingerprint density at radius 2 is 1.81 bits per heavy atom. The van der Waals surface area contributed by atoms with Gasteiger partial charge in [0.1, 0.15) is 11.9 Å². The van der Waals surface area contributed by atoms with E-state index in [0.29, 0.717) is 37.0 Å². The molecule has 4 rings (SSSR count). The molecule has 1 aliphatic heterocycles. The van der Waals surface area contributed by atoms with Crippen molar-refractivity contribution in [3.8, 4) is 5.75 Å². The Balaban J connectivity index is 1.52. The van der Waals surface area contributed by atoms with Gasteiger partial charge in [-0.2, -0.15) is 4.98 Å². The van der Waals surface area contributed by atoms with Crippen molar-refractivity contribution in [3.05, 3.63) is 69.9 Å². The minimum atomic E-state index is -0.449. The Bertz CT molecular complexity index is 1070. The molecule has 0 amide bonds. The highest BCUT2D eigenvalue weighted by molar-refractivity contribution is 6.30. The van der Waals surface area contributed by atoms with Gasteiger partial charge in [0.05, 0.1) is 12.0 Å². The molecule has 31 heavy (non-hydrogen) atoms. The van der Waals surface area contributed by atoms with Crippen LogP contribution in [0.1, 0.15) is 0 Å². The maximum Gasteiger partial charge on any atom is 0.329 e. The van der Waals surface area contributed by atoms with Crippen molar-refractivity contribution < 1.29 is 9.66 Å². The number of hydrogen-bond donors (Lipinski definition) is 1. The Hall–Kier alpha value is -3.59. The largest absolute Gasteiger partial charge is 0.497 e. The molecule has 1 saturated heterocycles. The molecule has 0 unspecified atom stereocenters. The summed E-state index contributed by atoms with van der Waals surface area (Å²) in [6.45, 7) is 2.59. The van der Waals surface area contributed by atoms with Gasteiger partial charge in [-0.15, -0.1) is 0 Å². The summed E-state index contributed by atoms with van der Waals surface area (Å²) in [6, 6.07) is 14.9. The first-order valence-corrected chi connectivity index (χ1v) is 10.1. The van der Waals surface area contributed by atoms with Gasteiger partial charge in [-0.1, -0.05) is 17.7 Å². The molecule has 1 aromatic heterocycles. The molecule has 2 heterocycles. The van der Waals surface area contributed by atoms with Crippen LogP contribution >= 0.6 is 11.6 Å². The number of nitrogens with zero attached hydrogens (tertiary/aromatic N) is 5. The minimum Gasteiger partial charge on any atom is -0.497 e. The van der Waals surface area contributed by atoms with Gasteiger partial charge in [0, 0.05) is 48.6 Å². The fourth-order valence-corrected chi connectivity index (χ4v) is 3.56. The zero-order chi connectivity index (χ0) is 21.8. The van der Waals surface area contributed by atoms with Gasteiger partial charge in [-0.25, -0.2) is 4.98 Å². The Labute approximate surface area is 184 Å². The topological polar surface area (TPSA) is 96.7 Å². The number of halogens is 1. The quantitative estimate of drug-likeness (QED) is 0.451. The van der Waals surface area contributed by atoms with Gasteiger partial charge >= 0.3 is 5.69 Å². The highest BCUT2D eigenvalue weighted by Crippen LogP contribution is 2.29. The zero-order valence-corrected chi connectivity index (χ0v) is 17.6. The van der Waals surface area contributed by atoms with Crippen molar-refractivity contribution in [2.24, 2.45) is 0 Å². The molecule has 0 spiro atoms. The monoisotopic (exact) mass is 440 g/mol. The van der Waals surface area contributed by atoms with Crippen molar-refractivity contribution in [1.82, 2.24) is 9.97 Å². The van der Waals surface area contributed by atoms with Crippen molar-refractivity contribution in [1.29, 1.82) is 0 Å². The number of hydrogen-bond acceptors (Lipinski definition) is 8. The number of benzene rings is 2. The van der Waals surface area contributed by atoms with E-state index in [4.69, 9.17) is 16.3 Å². The van der Waals surface area contributed by atoms with Crippen molar-refractivity contribution in [3.63, 3.8) is 0 Å². The van der Waals surface area contributed by atoms with E-state index in [-0.39, 0.29) is 11.6 Å². The fraction of sp³-hybridized carbons (Fsp3) is 0.238. The van der Waals surface area contributed by atoms with E-state index in [2.05, 4.69) is 20.2 Å². The van der Waals surface area contributed by atoms with Gasteiger partial charge in [-0.3, -0.25) is 10.1 Å². The molecule has 0 radical (unpaired) electrons. The van der Waals surface area contributed by atoms with Crippen LogP contribution in [-0.2, 0) is 0 Å². The minimum absolute atomic E-state index is 0.114. The summed E-state index contributed by atoms with van der Waals surface area (Å²) >= 11 is 5.92. The van der Waals surface area contributed by atoms with Gasteiger partial charge in [0.25, 0.3) is 0 Å². The molecule has 1 N–H and O–H groups in total. The number of aromatic nitrogens is 2. The Morgan fingerprint density at radius 3 is 2.48 bits per heavy atom. The third-order valence-corrected chi connectivity index (χ3v) is 5.30. The molecule has 1 fully saturated rings. The third-order valence-electron chi connectivity index (χ3n) is 5.04. The van der Waals surface area contributed by atoms with Gasteiger partial charge in [0.2, 0.25) is 11.8 Å². The van der Waals surface area contributed by atoms with E-state index in [9.17, 15) is 10.1 Å². The summed E-state index contributed by atoms with van der Waals surface area (Å²) in [7, 11) is 1.64. The molecule has 0 bridgehead atoms. The lowest BCUT2D eigenvalue weighted by Crippen LogP contribution is -2.47. The summed E-state index contributed by atoms with van der Waals surface area (Å²) in [4.78, 5) is 23.8. The molecule has 0 saturated carbocycles. The van der Waals surface area contributed by atoms with Gasteiger partial charge in [0.15, 0.2) is 0 Å².